The molecule has 0 heterocycles. The van der Waals surface area contributed by atoms with E-state index >= 15 is 0 Å². The lowest BCUT2D eigenvalue weighted by atomic mass is 9.94. The number of nitrogens with one attached hydrogen (secondary N) is 1. The number of carbonyl (C=O) groups is 1. The van der Waals surface area contributed by atoms with Gasteiger partial charge in [-0.3, -0.25) is 0 Å². The third-order valence-corrected chi connectivity index (χ3v) is 2.81. The van der Waals surface area contributed by atoms with Crippen LogP contribution in [0.3, 0.4) is 0 Å². The van der Waals surface area contributed by atoms with Crippen molar-refractivity contribution >= 4 is 11.8 Å². The van der Waals surface area contributed by atoms with Gasteiger partial charge >= 0.3 is 6.09 Å². The Hall–Kier alpha value is -2.04. The maximum atomic E-state index is 12.0. The number of nitrogens with zero attached hydrogens (tertiary/aromatic N) is 1. The van der Waals surface area contributed by atoms with E-state index in [1.807, 2.05) is 44.2 Å². The number of amides is 1. The Morgan fingerprint density at radius 2 is 1.81 bits per heavy atom. The largest absolute Gasteiger partial charge is 0.444 e. The number of rotatable bonds is 4. The lowest BCUT2D eigenvalue weighted by Crippen LogP contribution is -2.46. The minimum atomic E-state index is -0.575. The van der Waals surface area contributed by atoms with Gasteiger partial charge in [0.25, 0.3) is 0 Å². The fourth-order valence-electron chi connectivity index (χ4n) is 1.89. The predicted molar refractivity (Wildman–Crippen MR) is 82.8 cm³/mol. The first-order chi connectivity index (χ1) is 9.74. The molecule has 2 N–H and O–H groups in total. The fourth-order valence-corrected chi connectivity index (χ4v) is 1.89. The van der Waals surface area contributed by atoms with Gasteiger partial charge in [0.15, 0.2) is 0 Å². The van der Waals surface area contributed by atoms with Gasteiger partial charge in [0.1, 0.15) is 11.3 Å². The second kappa shape index (κ2) is 7.11. The molecule has 1 aromatic rings. The Morgan fingerprint density at radius 3 is 2.24 bits per heavy atom. The highest BCUT2D eigenvalue weighted by atomic mass is 16.6. The average Bonchev–Trinajstić information content (AvgIpc) is 2.37. The highest BCUT2D eigenvalue weighted by Gasteiger charge is 2.26. The molecule has 0 unspecified atom stereocenters. The molecule has 1 atom stereocenters. The van der Waals surface area contributed by atoms with Gasteiger partial charge in [0.05, 0.1) is 6.04 Å². The monoisotopic (exact) mass is 292 g/mol. The number of carbonyl (C=O) groups excluding carboxylic acids is 1. The zero-order valence-corrected chi connectivity index (χ0v) is 13.3. The van der Waals surface area contributed by atoms with Crippen molar-refractivity contribution < 1.29 is 14.7 Å². The molecule has 21 heavy (non-hydrogen) atoms. The van der Waals surface area contributed by atoms with Gasteiger partial charge in [0, 0.05) is 5.56 Å². The first-order valence-electron chi connectivity index (χ1n) is 7.01. The number of oxime groups is 1. The molecular formula is C16H24N2O3. The van der Waals surface area contributed by atoms with E-state index in [1.165, 1.54) is 0 Å². The van der Waals surface area contributed by atoms with Gasteiger partial charge < -0.3 is 15.3 Å². The van der Waals surface area contributed by atoms with E-state index in [4.69, 9.17) is 4.74 Å². The summed E-state index contributed by atoms with van der Waals surface area (Å²) in [7, 11) is 0. The van der Waals surface area contributed by atoms with Crippen LogP contribution in [-0.4, -0.2) is 28.7 Å². The van der Waals surface area contributed by atoms with E-state index < -0.39 is 17.7 Å². The van der Waals surface area contributed by atoms with Crippen molar-refractivity contribution in [2.75, 3.05) is 0 Å². The molecule has 0 aliphatic heterocycles. The molecule has 5 heteroatoms. The van der Waals surface area contributed by atoms with Crippen LogP contribution < -0.4 is 5.32 Å². The Morgan fingerprint density at radius 1 is 1.24 bits per heavy atom. The van der Waals surface area contributed by atoms with Crippen molar-refractivity contribution in [2.45, 2.75) is 46.3 Å². The summed E-state index contributed by atoms with van der Waals surface area (Å²) >= 11 is 0. The maximum absolute atomic E-state index is 12.0. The van der Waals surface area contributed by atoms with Crippen LogP contribution in [0.4, 0.5) is 4.79 Å². The second-order valence-corrected chi connectivity index (χ2v) is 6.22. The van der Waals surface area contributed by atoms with Gasteiger partial charge in [0.2, 0.25) is 0 Å². The predicted octanol–water partition coefficient (Wildman–Crippen LogP) is 3.41. The summed E-state index contributed by atoms with van der Waals surface area (Å²) in [5.74, 6) is 0.0450. The second-order valence-electron chi connectivity index (χ2n) is 6.22. The van der Waals surface area contributed by atoms with Crippen molar-refractivity contribution in [1.29, 1.82) is 0 Å². The van der Waals surface area contributed by atoms with Crippen LogP contribution in [0.25, 0.3) is 0 Å². The molecule has 0 spiro atoms. The summed E-state index contributed by atoms with van der Waals surface area (Å²) in [6.07, 6.45) is -0.529. The fraction of sp³-hybridized carbons (Fsp3) is 0.500. The van der Waals surface area contributed by atoms with Gasteiger partial charge in [-0.05, 0) is 26.7 Å². The van der Waals surface area contributed by atoms with E-state index in [1.54, 1.807) is 20.8 Å². The lowest BCUT2D eigenvalue weighted by Gasteiger charge is -2.26. The molecule has 1 rings (SSSR count). The van der Waals surface area contributed by atoms with Gasteiger partial charge in [-0.25, -0.2) is 4.79 Å². The molecule has 1 aromatic carbocycles. The van der Waals surface area contributed by atoms with Crippen molar-refractivity contribution in [2.24, 2.45) is 11.1 Å². The van der Waals surface area contributed by atoms with Crippen molar-refractivity contribution in [3.05, 3.63) is 35.9 Å². The van der Waals surface area contributed by atoms with E-state index in [9.17, 15) is 10.0 Å². The zero-order valence-electron chi connectivity index (χ0n) is 13.3. The normalized spacial score (nSPS) is 13.9. The average molecular weight is 292 g/mol. The number of ether oxygens (including phenoxy) is 1. The summed E-state index contributed by atoms with van der Waals surface area (Å²) in [6.45, 7) is 9.28. The summed E-state index contributed by atoms with van der Waals surface area (Å²) in [6, 6.07) is 8.82. The first-order valence-corrected chi connectivity index (χ1v) is 7.01. The van der Waals surface area contributed by atoms with E-state index in [-0.39, 0.29) is 5.92 Å². The van der Waals surface area contributed by atoms with Crippen molar-refractivity contribution in [1.82, 2.24) is 5.32 Å². The third-order valence-electron chi connectivity index (χ3n) is 2.81. The molecule has 0 saturated heterocycles. The quantitative estimate of drug-likeness (QED) is 0.507. The Kier molecular flexibility index (Phi) is 5.76. The molecule has 0 fully saturated rings. The van der Waals surface area contributed by atoms with Crippen LogP contribution in [0, 0.1) is 5.92 Å². The molecule has 0 radical (unpaired) electrons. The van der Waals surface area contributed by atoms with Crippen LogP contribution in [0.2, 0.25) is 0 Å². The molecule has 0 aliphatic rings. The zero-order chi connectivity index (χ0) is 16.0. The Balaban J connectivity index is 2.93. The minimum Gasteiger partial charge on any atom is -0.444 e. The van der Waals surface area contributed by atoms with Gasteiger partial charge in [-0.15, -0.1) is 0 Å². The Bertz CT molecular complexity index is 490. The topological polar surface area (TPSA) is 70.9 Å². The van der Waals surface area contributed by atoms with Crippen molar-refractivity contribution in [3.8, 4) is 0 Å². The van der Waals surface area contributed by atoms with Crippen LogP contribution in [0.1, 0.15) is 40.2 Å². The molecule has 0 aromatic heterocycles. The summed E-state index contributed by atoms with van der Waals surface area (Å²) in [4.78, 5) is 12.0. The van der Waals surface area contributed by atoms with Crippen LogP contribution in [-0.2, 0) is 4.74 Å². The molecule has 116 valence electrons. The number of benzene rings is 1. The summed E-state index contributed by atoms with van der Waals surface area (Å²) in [5, 5.41) is 15.5. The first kappa shape index (κ1) is 17.0. The van der Waals surface area contributed by atoms with E-state index in [0.717, 1.165) is 5.56 Å². The molecule has 0 saturated carbocycles. The molecule has 0 aliphatic carbocycles. The maximum Gasteiger partial charge on any atom is 0.408 e. The van der Waals surface area contributed by atoms with Crippen molar-refractivity contribution in [3.63, 3.8) is 0 Å². The number of alkyl carbamates (subject to hydrolysis) is 1. The van der Waals surface area contributed by atoms with Gasteiger partial charge in [-0.1, -0.05) is 49.3 Å². The van der Waals surface area contributed by atoms with E-state index in [2.05, 4.69) is 10.5 Å². The highest BCUT2D eigenvalue weighted by molar-refractivity contribution is 6.05. The summed E-state index contributed by atoms with van der Waals surface area (Å²) < 4.78 is 5.26. The number of hydrogen-bond donors (Lipinski definition) is 2. The molecule has 0 bridgehead atoms. The third kappa shape index (κ3) is 5.45. The lowest BCUT2D eigenvalue weighted by molar-refractivity contribution is 0.0508. The summed E-state index contributed by atoms with van der Waals surface area (Å²) in [5.41, 5.74) is 0.598. The molecule has 1 amide bonds. The van der Waals surface area contributed by atoms with Crippen LogP contribution >= 0.6 is 0 Å². The Labute approximate surface area is 126 Å². The van der Waals surface area contributed by atoms with Gasteiger partial charge in [-0.2, -0.15) is 0 Å². The standard InChI is InChI=1S/C16H24N2O3/c1-11(2)13(17-15(19)21-16(3,4)5)14(18-20)12-9-7-6-8-10-12/h6-11,13,20H,1-5H3,(H,17,19)/b18-14+/t13-/m0/s1. The van der Waals surface area contributed by atoms with E-state index in [0.29, 0.717) is 5.71 Å². The highest BCUT2D eigenvalue weighted by Crippen LogP contribution is 2.13. The number of hydrogen-bond acceptors (Lipinski definition) is 4. The molecule has 5 nitrogen and oxygen atoms in total. The smallest absolute Gasteiger partial charge is 0.408 e. The minimum absolute atomic E-state index is 0.0450. The van der Waals surface area contributed by atoms with Crippen LogP contribution in [0.15, 0.2) is 35.5 Å². The van der Waals surface area contributed by atoms with Crippen LogP contribution in [0.5, 0.6) is 0 Å². The molecular weight excluding hydrogens is 268 g/mol. The SMILES string of the molecule is CC(C)[C@H](NC(=O)OC(C)(C)C)/C(=N/O)c1ccccc1.